The number of benzene rings is 1. The highest BCUT2D eigenvalue weighted by Gasteiger charge is 2.25. The van der Waals surface area contributed by atoms with E-state index in [1.165, 1.54) is 5.56 Å². The number of hydrogen-bond donors (Lipinski definition) is 1. The van der Waals surface area contributed by atoms with E-state index in [1.807, 2.05) is 18.2 Å². The highest BCUT2D eigenvalue weighted by molar-refractivity contribution is 5.18. The van der Waals surface area contributed by atoms with E-state index in [9.17, 15) is 0 Å². The first-order valence-electron chi connectivity index (χ1n) is 6.91. The summed E-state index contributed by atoms with van der Waals surface area (Å²) in [5.41, 5.74) is 1.23. The minimum absolute atomic E-state index is 0.0894. The van der Waals surface area contributed by atoms with Crippen LogP contribution in [0.4, 0.5) is 0 Å². The Morgan fingerprint density at radius 3 is 2.79 bits per heavy atom. The molecule has 1 aliphatic rings. The average molecular weight is 265 g/mol. The molecule has 106 valence electrons. The highest BCUT2D eigenvalue weighted by Crippen LogP contribution is 2.24. The van der Waals surface area contributed by atoms with Crippen molar-refractivity contribution >= 4 is 0 Å². The van der Waals surface area contributed by atoms with Gasteiger partial charge in [-0.05, 0) is 12.5 Å². The second-order valence-corrected chi connectivity index (χ2v) is 4.94. The van der Waals surface area contributed by atoms with Gasteiger partial charge in [-0.25, -0.2) is 0 Å². The van der Waals surface area contributed by atoms with Gasteiger partial charge < -0.3 is 14.6 Å². The molecule has 1 N–H and O–H groups in total. The van der Waals surface area contributed by atoms with Crippen molar-refractivity contribution < 1.29 is 14.6 Å². The summed E-state index contributed by atoms with van der Waals surface area (Å²) in [5.74, 6) is 0. The van der Waals surface area contributed by atoms with Crippen LogP contribution in [0.25, 0.3) is 0 Å². The normalized spacial score (nSPS) is 24.5. The molecular formula is C15H23NO3. The molecule has 0 radical (unpaired) electrons. The van der Waals surface area contributed by atoms with Gasteiger partial charge in [0.1, 0.15) is 0 Å². The van der Waals surface area contributed by atoms with E-state index in [1.54, 1.807) is 0 Å². The smallest absolute Gasteiger partial charge is 0.0956 e. The van der Waals surface area contributed by atoms with Crippen LogP contribution in [0.3, 0.4) is 0 Å². The number of aliphatic hydroxyl groups excluding tert-OH is 1. The molecule has 1 fully saturated rings. The zero-order valence-corrected chi connectivity index (χ0v) is 11.5. The topological polar surface area (TPSA) is 41.9 Å². The summed E-state index contributed by atoms with van der Waals surface area (Å²) in [6.45, 7) is 6.00. The van der Waals surface area contributed by atoms with Crippen molar-refractivity contribution in [2.45, 2.75) is 19.1 Å². The third-order valence-electron chi connectivity index (χ3n) is 3.29. The van der Waals surface area contributed by atoms with Gasteiger partial charge in [0.05, 0.1) is 32.0 Å². The summed E-state index contributed by atoms with van der Waals surface area (Å²) >= 11 is 0. The molecule has 1 aromatic rings. The van der Waals surface area contributed by atoms with E-state index in [2.05, 4.69) is 24.0 Å². The second-order valence-electron chi connectivity index (χ2n) is 4.94. The van der Waals surface area contributed by atoms with Crippen LogP contribution in [-0.4, -0.2) is 55.6 Å². The van der Waals surface area contributed by atoms with Crippen molar-refractivity contribution in [3.63, 3.8) is 0 Å². The third kappa shape index (κ3) is 4.58. The molecule has 1 aliphatic heterocycles. The minimum Gasteiger partial charge on any atom is -0.394 e. The number of nitrogens with zero attached hydrogens (tertiary/aromatic N) is 1. The van der Waals surface area contributed by atoms with Crippen LogP contribution in [0.15, 0.2) is 30.3 Å². The van der Waals surface area contributed by atoms with Gasteiger partial charge in [0.25, 0.3) is 0 Å². The van der Waals surface area contributed by atoms with Crippen LogP contribution in [0.5, 0.6) is 0 Å². The van der Waals surface area contributed by atoms with Gasteiger partial charge in [-0.15, -0.1) is 0 Å². The quantitative estimate of drug-likeness (QED) is 0.791. The highest BCUT2D eigenvalue weighted by atomic mass is 16.5. The molecule has 0 bridgehead atoms. The fourth-order valence-electron chi connectivity index (χ4n) is 2.43. The van der Waals surface area contributed by atoms with Gasteiger partial charge in [0.15, 0.2) is 0 Å². The van der Waals surface area contributed by atoms with E-state index in [4.69, 9.17) is 14.6 Å². The van der Waals surface area contributed by atoms with E-state index < -0.39 is 0 Å². The van der Waals surface area contributed by atoms with Crippen LogP contribution in [0.1, 0.15) is 18.6 Å². The van der Waals surface area contributed by atoms with Crippen LogP contribution >= 0.6 is 0 Å². The largest absolute Gasteiger partial charge is 0.394 e. The first kappa shape index (κ1) is 14.5. The Morgan fingerprint density at radius 2 is 2.05 bits per heavy atom. The summed E-state index contributed by atoms with van der Waals surface area (Å²) in [6.07, 6.45) is 0.375. The Labute approximate surface area is 114 Å². The van der Waals surface area contributed by atoms with E-state index >= 15 is 0 Å². The molecule has 1 heterocycles. The summed E-state index contributed by atoms with van der Waals surface area (Å²) in [5, 5.41) is 8.68. The molecule has 2 atom stereocenters. The lowest BCUT2D eigenvalue weighted by Crippen LogP contribution is -2.44. The lowest BCUT2D eigenvalue weighted by Gasteiger charge is -2.37. The second kappa shape index (κ2) is 7.60. The molecule has 1 aromatic carbocycles. The molecule has 19 heavy (non-hydrogen) atoms. The number of hydrogen-bond acceptors (Lipinski definition) is 4. The minimum atomic E-state index is 0.0894. The fourth-order valence-corrected chi connectivity index (χ4v) is 2.43. The van der Waals surface area contributed by atoms with Gasteiger partial charge in [0, 0.05) is 19.6 Å². The molecule has 0 aromatic heterocycles. The van der Waals surface area contributed by atoms with E-state index in [0.717, 1.165) is 19.6 Å². The zero-order valence-electron chi connectivity index (χ0n) is 11.5. The molecule has 0 aliphatic carbocycles. The standard InChI is InChI=1S/C15H23NO3/c1-13-11-16(7-9-18-10-8-17)12-15(19-13)14-5-3-2-4-6-14/h2-6,13,15,17H,7-12H2,1H3. The SMILES string of the molecule is CC1CN(CCOCCO)CC(c2ccccc2)O1. The van der Waals surface area contributed by atoms with Crippen molar-refractivity contribution in [3.05, 3.63) is 35.9 Å². The number of rotatable bonds is 6. The van der Waals surface area contributed by atoms with Crippen LogP contribution in [0, 0.1) is 0 Å². The lowest BCUT2D eigenvalue weighted by atomic mass is 10.1. The Hall–Kier alpha value is -0.940. The molecule has 4 nitrogen and oxygen atoms in total. The summed E-state index contributed by atoms with van der Waals surface area (Å²) in [7, 11) is 0. The number of ether oxygens (including phenoxy) is 2. The zero-order chi connectivity index (χ0) is 13.5. The van der Waals surface area contributed by atoms with Gasteiger partial charge in [-0.3, -0.25) is 4.90 Å². The van der Waals surface area contributed by atoms with Crippen molar-refractivity contribution in [1.82, 2.24) is 4.90 Å². The number of aliphatic hydroxyl groups is 1. The molecule has 2 unspecified atom stereocenters. The summed E-state index contributed by atoms with van der Waals surface area (Å²) in [4.78, 5) is 2.36. The first-order valence-corrected chi connectivity index (χ1v) is 6.91. The average Bonchev–Trinajstić information content (AvgIpc) is 2.44. The maximum Gasteiger partial charge on any atom is 0.0956 e. The van der Waals surface area contributed by atoms with Gasteiger partial charge in [-0.2, -0.15) is 0 Å². The molecule has 4 heteroatoms. The first-order chi connectivity index (χ1) is 9.29. The summed E-state index contributed by atoms with van der Waals surface area (Å²) < 4.78 is 11.3. The van der Waals surface area contributed by atoms with Crippen LogP contribution < -0.4 is 0 Å². The summed E-state index contributed by atoms with van der Waals surface area (Å²) in [6, 6.07) is 10.3. The molecule has 1 saturated heterocycles. The molecule has 0 spiro atoms. The lowest BCUT2D eigenvalue weighted by molar-refractivity contribution is -0.0839. The maximum absolute atomic E-state index is 8.68. The Balaban J connectivity index is 1.85. The third-order valence-corrected chi connectivity index (χ3v) is 3.29. The number of morpholine rings is 1. The van der Waals surface area contributed by atoms with Crippen molar-refractivity contribution in [1.29, 1.82) is 0 Å². The molecule has 2 rings (SSSR count). The van der Waals surface area contributed by atoms with E-state index in [0.29, 0.717) is 13.2 Å². The van der Waals surface area contributed by atoms with Crippen molar-refractivity contribution in [2.24, 2.45) is 0 Å². The predicted octanol–water partition coefficient (Wildman–Crippen LogP) is 1.46. The van der Waals surface area contributed by atoms with Crippen molar-refractivity contribution in [3.8, 4) is 0 Å². The van der Waals surface area contributed by atoms with Gasteiger partial charge in [0.2, 0.25) is 0 Å². The fraction of sp³-hybridized carbons (Fsp3) is 0.600. The van der Waals surface area contributed by atoms with Gasteiger partial charge in [-0.1, -0.05) is 30.3 Å². The van der Waals surface area contributed by atoms with Crippen molar-refractivity contribution in [2.75, 3.05) is 39.5 Å². The van der Waals surface area contributed by atoms with E-state index in [-0.39, 0.29) is 18.8 Å². The molecular weight excluding hydrogens is 242 g/mol. The van der Waals surface area contributed by atoms with Crippen LogP contribution in [0.2, 0.25) is 0 Å². The monoisotopic (exact) mass is 265 g/mol. The molecule has 0 amide bonds. The Bertz CT molecular complexity index is 358. The maximum atomic E-state index is 8.68. The van der Waals surface area contributed by atoms with Gasteiger partial charge >= 0.3 is 0 Å². The van der Waals surface area contributed by atoms with Crippen LogP contribution in [-0.2, 0) is 9.47 Å². The predicted molar refractivity (Wildman–Crippen MR) is 74.1 cm³/mol. The Kier molecular flexibility index (Phi) is 5.79. The Morgan fingerprint density at radius 1 is 1.26 bits per heavy atom. The molecule has 0 saturated carbocycles.